The lowest BCUT2D eigenvalue weighted by molar-refractivity contribution is 0.475. The Bertz CT molecular complexity index is 1350. The van der Waals surface area contributed by atoms with Gasteiger partial charge in [-0.1, -0.05) is 11.6 Å². The van der Waals surface area contributed by atoms with Crippen LogP contribution in [0.4, 0.5) is 0 Å². The molecule has 7 nitrogen and oxygen atoms in total. The predicted molar refractivity (Wildman–Crippen MR) is 112 cm³/mol. The number of phenolic OH excluding ortho intramolecular Hbond substituents is 1. The molecule has 3 aromatic rings. The van der Waals surface area contributed by atoms with Crippen LogP contribution in [0.1, 0.15) is 11.5 Å². The second kappa shape index (κ2) is 7.20. The topological polar surface area (TPSA) is 96.9 Å². The number of hydrogen-bond donors (Lipinski definition) is 2. The molecule has 0 amide bonds. The van der Waals surface area contributed by atoms with Gasteiger partial charge in [-0.3, -0.25) is 9.36 Å². The van der Waals surface area contributed by atoms with Crippen molar-refractivity contribution in [3.8, 4) is 34.1 Å². The molecule has 0 bridgehead atoms. The van der Waals surface area contributed by atoms with Crippen LogP contribution in [0, 0.1) is 0 Å². The molecule has 30 heavy (non-hydrogen) atoms. The minimum absolute atomic E-state index is 0.161. The summed E-state index contributed by atoms with van der Waals surface area (Å²) in [6.07, 6.45) is 5.16. The van der Waals surface area contributed by atoms with Crippen LogP contribution in [0.2, 0.25) is 5.15 Å². The number of nitrogens with one attached hydrogen (secondary N) is 1. The first-order valence-corrected chi connectivity index (χ1v) is 9.54. The van der Waals surface area contributed by atoms with Gasteiger partial charge in [-0.25, -0.2) is 9.97 Å². The van der Waals surface area contributed by atoms with Gasteiger partial charge in [0.2, 0.25) is 0 Å². The number of nitrogens with zero attached hydrogens (tertiary/aromatic N) is 3. The van der Waals surface area contributed by atoms with Crippen LogP contribution in [0.15, 0.2) is 76.4 Å². The number of hydrogen-bond acceptors (Lipinski definition) is 5. The van der Waals surface area contributed by atoms with Gasteiger partial charge < -0.3 is 14.5 Å². The van der Waals surface area contributed by atoms with E-state index in [4.69, 9.17) is 16.0 Å². The highest BCUT2D eigenvalue weighted by molar-refractivity contribution is 6.29. The molecule has 0 fully saturated rings. The molecule has 0 aliphatic carbocycles. The van der Waals surface area contributed by atoms with Gasteiger partial charge in [0.15, 0.2) is 5.82 Å². The zero-order chi connectivity index (χ0) is 20.7. The van der Waals surface area contributed by atoms with Crippen LogP contribution < -0.4 is 5.56 Å². The number of aromatic amines is 1. The van der Waals surface area contributed by atoms with E-state index in [2.05, 4.69) is 15.0 Å². The number of benzene rings is 1. The molecule has 1 aromatic carbocycles. The van der Waals surface area contributed by atoms with Crippen molar-refractivity contribution >= 4 is 11.6 Å². The van der Waals surface area contributed by atoms with E-state index in [-0.39, 0.29) is 11.3 Å². The number of aromatic nitrogens is 4. The van der Waals surface area contributed by atoms with Gasteiger partial charge in [-0.2, -0.15) is 0 Å². The highest BCUT2D eigenvalue weighted by atomic mass is 35.5. The summed E-state index contributed by atoms with van der Waals surface area (Å²) < 4.78 is 6.89. The SMILES string of the molecule is O=c1c(Cc2ccco2)nc2c(-c3ccnc(Cl)c3)[nH]c(-c3ccc(O)cc3)cn1-2. The third-order valence-corrected chi connectivity index (χ3v) is 5.00. The van der Waals surface area contributed by atoms with Crippen LogP contribution in [-0.4, -0.2) is 24.6 Å². The number of fused-ring (bicyclic) bond motifs is 1. The van der Waals surface area contributed by atoms with Crippen molar-refractivity contribution < 1.29 is 9.52 Å². The monoisotopic (exact) mass is 418 g/mol. The van der Waals surface area contributed by atoms with Gasteiger partial charge in [-0.05, 0) is 54.1 Å². The van der Waals surface area contributed by atoms with Crippen LogP contribution in [0.25, 0.3) is 28.3 Å². The molecule has 2 aromatic heterocycles. The number of phenols is 1. The van der Waals surface area contributed by atoms with E-state index in [9.17, 15) is 9.90 Å². The summed E-state index contributed by atoms with van der Waals surface area (Å²) in [5.41, 5.74) is 3.02. The minimum Gasteiger partial charge on any atom is -0.508 e. The van der Waals surface area contributed by atoms with E-state index >= 15 is 0 Å². The molecule has 0 saturated carbocycles. The van der Waals surface area contributed by atoms with Crippen LogP contribution in [0.3, 0.4) is 0 Å². The number of pyridine rings is 1. The summed E-state index contributed by atoms with van der Waals surface area (Å²) >= 11 is 6.10. The molecule has 2 aliphatic rings. The number of halogens is 1. The molecule has 0 spiro atoms. The standard InChI is InChI=1S/C22H15ClN4O3/c23-19-10-14(7-8-24-19)20-21-26-17(11-16-2-1-9-30-16)22(29)27(21)12-18(25-20)13-3-5-15(28)6-4-13/h1-10,12,25,28H,11H2. The fourth-order valence-electron chi connectivity index (χ4n) is 3.35. The molecule has 2 aliphatic heterocycles. The molecule has 0 radical (unpaired) electrons. The zero-order valence-corrected chi connectivity index (χ0v) is 16.3. The number of H-pyrrole nitrogens is 1. The smallest absolute Gasteiger partial charge is 0.278 e. The van der Waals surface area contributed by atoms with Gasteiger partial charge in [-0.15, -0.1) is 0 Å². The maximum atomic E-state index is 13.1. The molecular weight excluding hydrogens is 404 g/mol. The molecule has 5 rings (SSSR count). The molecule has 0 saturated heterocycles. The minimum atomic E-state index is -0.225. The predicted octanol–water partition coefficient (Wildman–Crippen LogP) is 4.27. The van der Waals surface area contributed by atoms with Gasteiger partial charge in [0.25, 0.3) is 5.56 Å². The zero-order valence-electron chi connectivity index (χ0n) is 15.5. The Hall–Kier alpha value is -3.84. The van der Waals surface area contributed by atoms with Crippen molar-refractivity contribution in [1.29, 1.82) is 0 Å². The molecule has 4 heterocycles. The third-order valence-electron chi connectivity index (χ3n) is 4.79. The fraction of sp³-hybridized carbons (Fsp3) is 0.0455. The molecule has 148 valence electrons. The fourth-order valence-corrected chi connectivity index (χ4v) is 3.53. The second-order valence-corrected chi connectivity index (χ2v) is 7.16. The molecule has 0 unspecified atom stereocenters. The van der Waals surface area contributed by atoms with Gasteiger partial charge in [0.1, 0.15) is 22.4 Å². The number of furan rings is 1. The Kier molecular flexibility index (Phi) is 4.37. The Morgan fingerprint density at radius 3 is 2.70 bits per heavy atom. The lowest BCUT2D eigenvalue weighted by atomic mass is 10.1. The largest absolute Gasteiger partial charge is 0.508 e. The van der Waals surface area contributed by atoms with E-state index < -0.39 is 0 Å². The highest BCUT2D eigenvalue weighted by Gasteiger charge is 2.22. The first kappa shape index (κ1) is 18.2. The maximum Gasteiger partial charge on any atom is 0.278 e. The van der Waals surface area contributed by atoms with Gasteiger partial charge in [0.05, 0.1) is 24.1 Å². The summed E-state index contributed by atoms with van der Waals surface area (Å²) in [5.74, 6) is 1.30. The van der Waals surface area contributed by atoms with Gasteiger partial charge in [0, 0.05) is 18.0 Å². The Morgan fingerprint density at radius 1 is 1.13 bits per heavy atom. The van der Waals surface area contributed by atoms with E-state index in [0.29, 0.717) is 40.2 Å². The average Bonchev–Trinajstić information content (AvgIpc) is 3.37. The van der Waals surface area contributed by atoms with E-state index in [1.54, 1.807) is 67.2 Å². The van der Waals surface area contributed by atoms with Crippen molar-refractivity contribution in [3.63, 3.8) is 0 Å². The summed E-state index contributed by atoms with van der Waals surface area (Å²) in [6, 6.07) is 13.8. The molecule has 2 N–H and O–H groups in total. The van der Waals surface area contributed by atoms with Crippen LogP contribution in [0.5, 0.6) is 5.75 Å². The first-order chi connectivity index (χ1) is 14.6. The Labute approximate surface area is 175 Å². The lowest BCUT2D eigenvalue weighted by Crippen LogP contribution is -2.16. The van der Waals surface area contributed by atoms with Crippen molar-refractivity contribution in [3.05, 3.63) is 94.1 Å². The third kappa shape index (κ3) is 3.25. The van der Waals surface area contributed by atoms with Crippen molar-refractivity contribution in [2.75, 3.05) is 0 Å². The van der Waals surface area contributed by atoms with E-state index in [1.807, 2.05) is 0 Å². The van der Waals surface area contributed by atoms with Crippen molar-refractivity contribution in [2.45, 2.75) is 6.42 Å². The highest BCUT2D eigenvalue weighted by Crippen LogP contribution is 2.30. The molecule has 0 atom stereocenters. The van der Waals surface area contributed by atoms with Gasteiger partial charge >= 0.3 is 0 Å². The lowest BCUT2D eigenvalue weighted by Gasteiger charge is -2.13. The molecule has 8 heteroatoms. The summed E-state index contributed by atoms with van der Waals surface area (Å²) in [5, 5.41) is 9.93. The van der Waals surface area contributed by atoms with Crippen LogP contribution >= 0.6 is 11.6 Å². The number of rotatable bonds is 4. The van der Waals surface area contributed by atoms with Crippen molar-refractivity contribution in [2.24, 2.45) is 0 Å². The quantitative estimate of drug-likeness (QED) is 0.425. The number of aromatic hydroxyl groups is 1. The first-order valence-electron chi connectivity index (χ1n) is 9.16. The number of imidazole rings is 1. The normalized spacial score (nSPS) is 11.2. The maximum absolute atomic E-state index is 13.1. The summed E-state index contributed by atoms with van der Waals surface area (Å²) in [4.78, 5) is 25.1. The average molecular weight is 419 g/mol. The Morgan fingerprint density at radius 2 is 1.97 bits per heavy atom. The van der Waals surface area contributed by atoms with E-state index in [1.165, 1.54) is 4.57 Å². The van der Waals surface area contributed by atoms with E-state index in [0.717, 1.165) is 11.1 Å². The van der Waals surface area contributed by atoms with Crippen LogP contribution in [-0.2, 0) is 6.42 Å². The van der Waals surface area contributed by atoms with Crippen molar-refractivity contribution in [1.82, 2.24) is 19.5 Å². The summed E-state index contributed by atoms with van der Waals surface area (Å²) in [7, 11) is 0. The Balaban J connectivity index is 1.74. The summed E-state index contributed by atoms with van der Waals surface area (Å²) in [6.45, 7) is 0. The second-order valence-electron chi connectivity index (χ2n) is 6.77. The molecular formula is C22H15ClN4O3.